The maximum atomic E-state index is 12.9. The average Bonchev–Trinajstić information content (AvgIpc) is 2.81. The molecule has 6 heteroatoms. The van der Waals surface area contributed by atoms with Crippen LogP contribution in [0.1, 0.15) is 38.5 Å². The van der Waals surface area contributed by atoms with Crippen molar-refractivity contribution in [3.63, 3.8) is 0 Å². The first-order chi connectivity index (χ1) is 8.48. The molecule has 104 valence electrons. The molecule has 1 saturated carbocycles. The van der Waals surface area contributed by atoms with Gasteiger partial charge in [-0.25, -0.2) is 0 Å². The predicted octanol–water partition coefficient (Wildman–Crippen LogP) is 1.98. The van der Waals surface area contributed by atoms with Crippen LogP contribution in [0.5, 0.6) is 0 Å². The Balaban J connectivity index is 1.94. The molecule has 0 aromatic carbocycles. The van der Waals surface area contributed by atoms with Crippen LogP contribution in [0.15, 0.2) is 0 Å². The molecule has 1 aliphatic carbocycles. The van der Waals surface area contributed by atoms with Crippen molar-refractivity contribution >= 4 is 5.91 Å². The molecule has 3 nitrogen and oxygen atoms in total. The van der Waals surface area contributed by atoms with Crippen LogP contribution < -0.4 is 10.6 Å². The molecule has 0 bridgehead atoms. The molecule has 1 aliphatic heterocycles. The van der Waals surface area contributed by atoms with E-state index in [1.165, 1.54) is 0 Å². The molecule has 2 unspecified atom stereocenters. The van der Waals surface area contributed by atoms with Crippen LogP contribution in [0.3, 0.4) is 0 Å². The minimum atomic E-state index is -4.21. The second-order valence-corrected chi connectivity index (χ2v) is 5.20. The van der Waals surface area contributed by atoms with Gasteiger partial charge in [-0.1, -0.05) is 12.8 Å². The molecule has 0 aromatic heterocycles. The summed E-state index contributed by atoms with van der Waals surface area (Å²) in [4.78, 5) is 11.8. The van der Waals surface area contributed by atoms with Crippen molar-refractivity contribution in [2.75, 3.05) is 6.54 Å². The molecular weight excluding hydrogens is 245 g/mol. The number of nitrogens with one attached hydrogen (secondary N) is 2. The molecule has 2 fully saturated rings. The Morgan fingerprint density at radius 3 is 2.44 bits per heavy atom. The van der Waals surface area contributed by atoms with E-state index in [0.717, 1.165) is 25.8 Å². The van der Waals surface area contributed by atoms with Crippen molar-refractivity contribution in [1.29, 1.82) is 0 Å². The van der Waals surface area contributed by atoms with Gasteiger partial charge in [0.15, 0.2) is 0 Å². The lowest BCUT2D eigenvalue weighted by molar-refractivity contribution is -0.189. The first-order valence-corrected chi connectivity index (χ1v) is 6.59. The Labute approximate surface area is 104 Å². The molecule has 2 aliphatic rings. The van der Waals surface area contributed by atoms with Crippen LogP contribution in [-0.2, 0) is 4.79 Å². The summed E-state index contributed by atoms with van der Waals surface area (Å²) in [6.07, 6.45) is -0.662. The van der Waals surface area contributed by atoms with Crippen LogP contribution in [0, 0.1) is 5.92 Å². The quantitative estimate of drug-likeness (QED) is 0.800. The van der Waals surface area contributed by atoms with Gasteiger partial charge in [0.05, 0.1) is 12.0 Å². The molecule has 3 atom stereocenters. The molecule has 0 spiro atoms. The monoisotopic (exact) mass is 264 g/mol. The largest absolute Gasteiger partial charge is 0.393 e. The Morgan fingerprint density at radius 1 is 1.11 bits per heavy atom. The van der Waals surface area contributed by atoms with Gasteiger partial charge in [-0.15, -0.1) is 0 Å². The fourth-order valence-corrected chi connectivity index (χ4v) is 2.89. The highest BCUT2D eigenvalue weighted by Crippen LogP contribution is 2.37. The molecule has 0 aromatic rings. The molecule has 0 radical (unpaired) electrons. The van der Waals surface area contributed by atoms with Gasteiger partial charge in [0.2, 0.25) is 5.91 Å². The lowest BCUT2D eigenvalue weighted by atomic mass is 9.84. The number of hydrogen-bond acceptors (Lipinski definition) is 2. The molecular formula is C12H19F3N2O. The van der Waals surface area contributed by atoms with Crippen molar-refractivity contribution in [3.05, 3.63) is 0 Å². The van der Waals surface area contributed by atoms with E-state index in [9.17, 15) is 18.0 Å². The zero-order valence-corrected chi connectivity index (χ0v) is 10.2. The lowest BCUT2D eigenvalue weighted by Crippen LogP contribution is -2.51. The standard InChI is InChI=1S/C12H19F3N2O/c13-12(14,15)8-4-1-2-5-9(8)17-11(18)10-6-3-7-16-10/h8-10,16H,1-7H2,(H,17,18)/t8?,9?,10-/m0/s1. The summed E-state index contributed by atoms with van der Waals surface area (Å²) in [6, 6.07) is -1.05. The maximum absolute atomic E-state index is 12.9. The van der Waals surface area contributed by atoms with Crippen molar-refractivity contribution in [1.82, 2.24) is 10.6 Å². The third kappa shape index (κ3) is 3.16. The van der Waals surface area contributed by atoms with Crippen LogP contribution in [-0.4, -0.2) is 30.7 Å². The number of carbonyl (C=O) groups is 1. The Bertz CT molecular complexity index is 300. The van der Waals surface area contributed by atoms with E-state index in [2.05, 4.69) is 10.6 Å². The summed E-state index contributed by atoms with van der Waals surface area (Å²) in [5.41, 5.74) is 0. The summed E-state index contributed by atoms with van der Waals surface area (Å²) in [5, 5.41) is 5.60. The van der Waals surface area contributed by atoms with Gasteiger partial charge in [0.25, 0.3) is 0 Å². The van der Waals surface area contributed by atoms with Crippen molar-refractivity contribution in [2.45, 2.75) is 56.8 Å². The van der Waals surface area contributed by atoms with Gasteiger partial charge < -0.3 is 10.6 Å². The van der Waals surface area contributed by atoms with Crippen LogP contribution >= 0.6 is 0 Å². The summed E-state index contributed by atoms with van der Waals surface area (Å²) in [7, 11) is 0. The second-order valence-electron chi connectivity index (χ2n) is 5.20. The highest BCUT2D eigenvalue weighted by Gasteiger charge is 2.46. The molecule has 1 amide bonds. The SMILES string of the molecule is O=C(NC1CCCCC1C(F)(F)F)[C@@H]1CCCN1. The van der Waals surface area contributed by atoms with E-state index in [1.54, 1.807) is 0 Å². The summed E-state index contributed by atoms with van der Waals surface area (Å²) < 4.78 is 38.6. The third-order valence-corrected chi connectivity index (χ3v) is 3.89. The Morgan fingerprint density at radius 2 is 1.83 bits per heavy atom. The van der Waals surface area contributed by atoms with Gasteiger partial charge in [-0.05, 0) is 32.2 Å². The number of hydrogen-bond donors (Lipinski definition) is 2. The van der Waals surface area contributed by atoms with Crippen LogP contribution in [0.25, 0.3) is 0 Å². The van der Waals surface area contributed by atoms with Gasteiger partial charge in [0.1, 0.15) is 0 Å². The minimum Gasteiger partial charge on any atom is -0.351 e. The number of carbonyl (C=O) groups excluding carboxylic acids is 1. The molecule has 1 heterocycles. The number of alkyl halides is 3. The van der Waals surface area contributed by atoms with Gasteiger partial charge >= 0.3 is 6.18 Å². The van der Waals surface area contributed by atoms with Crippen molar-refractivity contribution in [2.24, 2.45) is 5.92 Å². The highest BCUT2D eigenvalue weighted by molar-refractivity contribution is 5.82. The average molecular weight is 264 g/mol. The fraction of sp³-hybridized carbons (Fsp3) is 0.917. The van der Waals surface area contributed by atoms with Gasteiger partial charge in [0, 0.05) is 6.04 Å². The lowest BCUT2D eigenvalue weighted by Gasteiger charge is -2.34. The maximum Gasteiger partial charge on any atom is 0.393 e. The Kier molecular flexibility index (Phi) is 4.14. The first kappa shape index (κ1) is 13.6. The number of amides is 1. The van der Waals surface area contributed by atoms with Gasteiger partial charge in [-0.2, -0.15) is 13.2 Å². The van der Waals surface area contributed by atoms with Crippen molar-refractivity contribution in [3.8, 4) is 0 Å². The first-order valence-electron chi connectivity index (χ1n) is 6.59. The topological polar surface area (TPSA) is 41.1 Å². The predicted molar refractivity (Wildman–Crippen MR) is 61.0 cm³/mol. The fourth-order valence-electron chi connectivity index (χ4n) is 2.89. The number of halogens is 3. The van der Waals surface area contributed by atoms with E-state index >= 15 is 0 Å². The van der Waals surface area contributed by atoms with Crippen LogP contribution in [0.4, 0.5) is 13.2 Å². The summed E-state index contributed by atoms with van der Waals surface area (Å²) >= 11 is 0. The normalized spacial score (nSPS) is 33.4. The zero-order valence-electron chi connectivity index (χ0n) is 10.2. The smallest absolute Gasteiger partial charge is 0.351 e. The van der Waals surface area contributed by atoms with E-state index in [0.29, 0.717) is 12.8 Å². The molecule has 2 N–H and O–H groups in total. The summed E-state index contributed by atoms with van der Waals surface area (Å²) in [5.74, 6) is -1.65. The summed E-state index contributed by atoms with van der Waals surface area (Å²) in [6.45, 7) is 0.769. The third-order valence-electron chi connectivity index (χ3n) is 3.89. The molecule has 1 saturated heterocycles. The van der Waals surface area contributed by atoms with E-state index in [-0.39, 0.29) is 18.4 Å². The van der Waals surface area contributed by atoms with Gasteiger partial charge in [-0.3, -0.25) is 4.79 Å². The number of rotatable bonds is 2. The molecule has 18 heavy (non-hydrogen) atoms. The zero-order chi connectivity index (χ0) is 13.2. The van der Waals surface area contributed by atoms with Crippen LogP contribution in [0.2, 0.25) is 0 Å². The van der Waals surface area contributed by atoms with E-state index < -0.39 is 18.1 Å². The van der Waals surface area contributed by atoms with E-state index in [1.807, 2.05) is 0 Å². The Hall–Kier alpha value is -0.780. The van der Waals surface area contributed by atoms with Crippen molar-refractivity contribution < 1.29 is 18.0 Å². The van der Waals surface area contributed by atoms with E-state index in [4.69, 9.17) is 0 Å². The minimum absolute atomic E-state index is 0.131. The highest BCUT2D eigenvalue weighted by atomic mass is 19.4. The molecule has 2 rings (SSSR count). The second kappa shape index (κ2) is 5.47.